The van der Waals surface area contributed by atoms with Gasteiger partial charge in [-0.3, -0.25) is 0 Å². The summed E-state index contributed by atoms with van der Waals surface area (Å²) >= 11 is 5.23. The van der Waals surface area contributed by atoms with Crippen LogP contribution in [0.1, 0.15) is 20.8 Å². The van der Waals surface area contributed by atoms with Crippen LogP contribution >= 0.6 is 11.6 Å². The minimum absolute atomic E-state index is 0.0617. The Hall–Kier alpha value is -0.500. The molecule has 0 aliphatic carbocycles. The van der Waals surface area contributed by atoms with Gasteiger partial charge in [-0.05, 0) is 6.92 Å². The fraction of sp³-hybridized carbons (Fsp3) is 0.429. The van der Waals surface area contributed by atoms with Crippen molar-refractivity contribution in [1.29, 1.82) is 0 Å². The highest BCUT2D eigenvalue weighted by molar-refractivity contribution is 6.32. The summed E-state index contributed by atoms with van der Waals surface area (Å²) in [5, 5.41) is -0.0926. The Bertz CT molecular complexity index is 137. The van der Waals surface area contributed by atoms with Crippen LogP contribution in [0.2, 0.25) is 0 Å². The summed E-state index contributed by atoms with van der Waals surface area (Å²) in [5.74, 6) is -0.501. The van der Waals surface area contributed by atoms with Gasteiger partial charge >= 0.3 is 0 Å². The van der Waals surface area contributed by atoms with Gasteiger partial charge in [0.25, 0.3) is 0 Å². The fourth-order valence-electron chi connectivity index (χ4n) is 0.221. The number of nitrogens with two attached hydrogens (primary N) is 1. The molecule has 0 aromatic rings. The van der Waals surface area contributed by atoms with Gasteiger partial charge in [-0.15, -0.1) is 0 Å². The van der Waals surface area contributed by atoms with E-state index in [9.17, 15) is 4.39 Å². The Balaban J connectivity index is 0. The van der Waals surface area contributed by atoms with Crippen molar-refractivity contribution in [2.75, 3.05) is 0 Å². The first-order chi connectivity index (χ1) is 4.55. The molecule has 0 rings (SSSR count). The number of allylic oxidation sites excluding steroid dienone is 2. The minimum Gasteiger partial charge on any atom is -0.398 e. The Kier molecular flexibility index (Phi) is 8.07. The van der Waals surface area contributed by atoms with Crippen LogP contribution in [0.4, 0.5) is 4.39 Å². The molecule has 0 amide bonds. The smallest absolute Gasteiger partial charge is 0.117 e. The number of hydrogen-bond donors (Lipinski definition) is 1. The van der Waals surface area contributed by atoms with Crippen LogP contribution in [-0.4, -0.2) is 0 Å². The summed E-state index contributed by atoms with van der Waals surface area (Å²) in [7, 11) is 0. The molecule has 0 saturated heterocycles. The zero-order valence-electron chi connectivity index (χ0n) is 6.54. The Labute approximate surface area is 66.4 Å². The highest BCUT2D eigenvalue weighted by atomic mass is 35.5. The molecular formula is C7H13ClFN. The Morgan fingerprint density at radius 2 is 1.80 bits per heavy atom. The maximum absolute atomic E-state index is 12.0. The topological polar surface area (TPSA) is 26.0 Å². The highest BCUT2D eigenvalue weighted by Gasteiger charge is 1.96. The van der Waals surface area contributed by atoms with Crippen molar-refractivity contribution in [3.05, 3.63) is 23.1 Å². The zero-order chi connectivity index (χ0) is 8.73. The van der Waals surface area contributed by atoms with Crippen molar-refractivity contribution in [2.45, 2.75) is 20.8 Å². The summed E-state index contributed by atoms with van der Waals surface area (Å²) in [4.78, 5) is 0. The van der Waals surface area contributed by atoms with Crippen LogP contribution in [0.3, 0.4) is 0 Å². The molecule has 60 valence electrons. The summed E-state index contributed by atoms with van der Waals surface area (Å²) in [6.45, 7) is 8.45. The van der Waals surface area contributed by atoms with Gasteiger partial charge < -0.3 is 5.73 Å². The lowest BCUT2D eigenvalue weighted by Crippen LogP contribution is -1.94. The quantitative estimate of drug-likeness (QED) is 0.594. The van der Waals surface area contributed by atoms with E-state index in [1.165, 1.54) is 6.92 Å². The molecule has 3 heteroatoms. The summed E-state index contributed by atoms with van der Waals surface area (Å²) in [6.07, 6.45) is 0. The first-order valence-corrected chi connectivity index (χ1v) is 3.40. The predicted octanol–water partition coefficient (Wildman–Crippen LogP) is 2.92. The Morgan fingerprint density at radius 3 is 1.80 bits per heavy atom. The number of rotatable bonds is 1. The standard InChI is InChI=1S/C5H7ClFN.C2H6/c1-3(7)5(6)4(2)8;1-2/h2,8H2,1H3;1-2H3/b5-3-;. The average molecular weight is 166 g/mol. The second kappa shape index (κ2) is 6.62. The van der Waals surface area contributed by atoms with Crippen LogP contribution in [0, 0.1) is 0 Å². The SMILES string of the molecule is C=C(N)/C(Cl)=C(\C)F.CC. The van der Waals surface area contributed by atoms with Crippen LogP contribution in [0.15, 0.2) is 23.1 Å². The summed E-state index contributed by atoms with van der Waals surface area (Å²) in [5.41, 5.74) is 5.07. The molecule has 0 radical (unpaired) electrons. The third kappa shape index (κ3) is 5.63. The minimum atomic E-state index is -0.501. The molecule has 0 aliphatic heterocycles. The van der Waals surface area contributed by atoms with E-state index in [4.69, 9.17) is 17.3 Å². The lowest BCUT2D eigenvalue weighted by Gasteiger charge is -1.93. The molecule has 0 aliphatic rings. The highest BCUT2D eigenvalue weighted by Crippen LogP contribution is 2.13. The summed E-state index contributed by atoms with van der Waals surface area (Å²) < 4.78 is 12.0. The van der Waals surface area contributed by atoms with E-state index in [0.29, 0.717) is 0 Å². The van der Waals surface area contributed by atoms with E-state index in [2.05, 4.69) is 6.58 Å². The first-order valence-electron chi connectivity index (χ1n) is 3.02. The number of halogens is 2. The fourth-order valence-corrected chi connectivity index (χ4v) is 0.221. The van der Waals surface area contributed by atoms with E-state index in [1.807, 2.05) is 13.8 Å². The largest absolute Gasteiger partial charge is 0.398 e. The summed E-state index contributed by atoms with van der Waals surface area (Å²) in [6, 6.07) is 0. The van der Waals surface area contributed by atoms with Gasteiger partial charge in [-0.1, -0.05) is 32.0 Å². The van der Waals surface area contributed by atoms with Crippen LogP contribution < -0.4 is 5.73 Å². The van der Waals surface area contributed by atoms with Gasteiger partial charge in [0.2, 0.25) is 0 Å². The molecule has 0 heterocycles. The second-order valence-electron chi connectivity index (χ2n) is 1.37. The molecule has 0 atom stereocenters. The maximum Gasteiger partial charge on any atom is 0.117 e. The molecule has 0 fully saturated rings. The van der Waals surface area contributed by atoms with Crippen LogP contribution in [0.5, 0.6) is 0 Å². The lowest BCUT2D eigenvalue weighted by molar-refractivity contribution is 0.636. The van der Waals surface area contributed by atoms with E-state index < -0.39 is 5.83 Å². The van der Waals surface area contributed by atoms with Gasteiger partial charge in [-0.25, -0.2) is 4.39 Å². The molecule has 1 nitrogen and oxygen atoms in total. The first kappa shape index (κ1) is 12.2. The van der Waals surface area contributed by atoms with Crippen molar-refractivity contribution in [2.24, 2.45) is 5.73 Å². The van der Waals surface area contributed by atoms with E-state index >= 15 is 0 Å². The van der Waals surface area contributed by atoms with E-state index in [-0.39, 0.29) is 10.7 Å². The molecule has 0 bridgehead atoms. The molecule has 0 aromatic heterocycles. The average Bonchev–Trinajstić information content (AvgIpc) is 1.90. The van der Waals surface area contributed by atoms with Crippen LogP contribution in [0.25, 0.3) is 0 Å². The van der Waals surface area contributed by atoms with Crippen molar-refractivity contribution >= 4 is 11.6 Å². The van der Waals surface area contributed by atoms with Crippen molar-refractivity contribution in [1.82, 2.24) is 0 Å². The van der Waals surface area contributed by atoms with Crippen LogP contribution in [-0.2, 0) is 0 Å². The molecule has 0 saturated carbocycles. The van der Waals surface area contributed by atoms with Gasteiger partial charge in [0.05, 0.1) is 5.03 Å². The molecule has 0 spiro atoms. The third-order valence-corrected chi connectivity index (χ3v) is 1.09. The Morgan fingerprint density at radius 1 is 1.50 bits per heavy atom. The van der Waals surface area contributed by atoms with E-state index in [0.717, 1.165) is 0 Å². The van der Waals surface area contributed by atoms with Crippen molar-refractivity contribution in [3.8, 4) is 0 Å². The third-order valence-electron chi connectivity index (χ3n) is 0.584. The van der Waals surface area contributed by atoms with Gasteiger partial charge in [0.15, 0.2) is 0 Å². The zero-order valence-corrected chi connectivity index (χ0v) is 7.30. The monoisotopic (exact) mass is 165 g/mol. The molecule has 0 unspecified atom stereocenters. The molecule has 0 aromatic carbocycles. The molecule has 2 N–H and O–H groups in total. The van der Waals surface area contributed by atoms with Gasteiger partial charge in [0.1, 0.15) is 5.83 Å². The van der Waals surface area contributed by atoms with Crippen molar-refractivity contribution < 1.29 is 4.39 Å². The second-order valence-corrected chi connectivity index (χ2v) is 1.75. The normalized spacial score (nSPS) is 10.9. The predicted molar refractivity (Wildman–Crippen MR) is 44.3 cm³/mol. The maximum atomic E-state index is 12.0. The van der Waals surface area contributed by atoms with Gasteiger partial charge in [0, 0.05) is 5.70 Å². The van der Waals surface area contributed by atoms with E-state index in [1.54, 1.807) is 0 Å². The molecular weight excluding hydrogens is 153 g/mol. The molecule has 10 heavy (non-hydrogen) atoms. The van der Waals surface area contributed by atoms with Gasteiger partial charge in [-0.2, -0.15) is 0 Å². The van der Waals surface area contributed by atoms with Crippen molar-refractivity contribution in [3.63, 3.8) is 0 Å². The lowest BCUT2D eigenvalue weighted by atomic mass is 10.4. The number of hydrogen-bond acceptors (Lipinski definition) is 1.